The molecule has 2 aromatic carbocycles. The summed E-state index contributed by atoms with van der Waals surface area (Å²) in [7, 11) is 3.13. The Balaban J connectivity index is 1.30. The number of carbonyl (C=O) groups is 2. The molecule has 0 saturated heterocycles. The SMILES string of the molecule is COC(=O)N(C)[C@H]1CC[C@H](CC(=O)Nc2cc(-c3ccccc3)c(-c3ccc(C4(N)CC4)c(F)c3)nn2)CC1. The molecule has 3 N–H and O–H groups in total. The number of amides is 2. The van der Waals surface area contributed by atoms with Crippen LogP contribution in [0.1, 0.15) is 50.5 Å². The van der Waals surface area contributed by atoms with Gasteiger partial charge in [0.05, 0.1) is 7.11 Å². The molecule has 0 spiro atoms. The lowest BCUT2D eigenvalue weighted by molar-refractivity contribution is -0.117. The van der Waals surface area contributed by atoms with E-state index in [1.807, 2.05) is 36.4 Å². The molecule has 2 saturated carbocycles. The van der Waals surface area contributed by atoms with Gasteiger partial charge in [-0.1, -0.05) is 42.5 Å². The maximum Gasteiger partial charge on any atom is 0.409 e. The highest BCUT2D eigenvalue weighted by Gasteiger charge is 2.42. The van der Waals surface area contributed by atoms with Gasteiger partial charge in [0.15, 0.2) is 5.82 Å². The molecule has 0 radical (unpaired) electrons. The Morgan fingerprint density at radius 2 is 1.77 bits per heavy atom. The number of anilines is 1. The van der Waals surface area contributed by atoms with Crippen molar-refractivity contribution >= 4 is 17.8 Å². The number of rotatable bonds is 7. The molecule has 5 rings (SSSR count). The number of ether oxygens (including phenoxy) is 1. The second-order valence-electron chi connectivity index (χ2n) is 10.7. The number of hydrogen-bond acceptors (Lipinski definition) is 6. The van der Waals surface area contributed by atoms with Gasteiger partial charge < -0.3 is 20.7 Å². The topological polar surface area (TPSA) is 110 Å². The van der Waals surface area contributed by atoms with Crippen LogP contribution in [0.5, 0.6) is 0 Å². The van der Waals surface area contributed by atoms with Crippen LogP contribution < -0.4 is 11.1 Å². The zero-order valence-corrected chi connectivity index (χ0v) is 22.3. The summed E-state index contributed by atoms with van der Waals surface area (Å²) in [4.78, 5) is 26.3. The van der Waals surface area contributed by atoms with Gasteiger partial charge >= 0.3 is 6.09 Å². The van der Waals surface area contributed by atoms with Gasteiger partial charge in [0.25, 0.3) is 0 Å². The van der Waals surface area contributed by atoms with E-state index in [0.717, 1.165) is 49.7 Å². The summed E-state index contributed by atoms with van der Waals surface area (Å²) < 4.78 is 19.8. The van der Waals surface area contributed by atoms with Gasteiger partial charge in [-0.2, -0.15) is 0 Å². The Bertz CT molecular complexity index is 1350. The smallest absolute Gasteiger partial charge is 0.409 e. The number of halogens is 1. The lowest BCUT2D eigenvalue weighted by atomic mass is 9.83. The third kappa shape index (κ3) is 5.93. The fourth-order valence-corrected chi connectivity index (χ4v) is 5.46. The first-order valence-electron chi connectivity index (χ1n) is 13.4. The molecule has 2 aliphatic carbocycles. The Morgan fingerprint density at radius 3 is 2.41 bits per heavy atom. The van der Waals surface area contributed by atoms with Crippen molar-refractivity contribution in [2.75, 3.05) is 19.5 Å². The van der Waals surface area contributed by atoms with E-state index in [-0.39, 0.29) is 29.8 Å². The number of benzene rings is 2. The van der Waals surface area contributed by atoms with E-state index < -0.39 is 5.54 Å². The summed E-state index contributed by atoms with van der Waals surface area (Å²) in [6.45, 7) is 0. The monoisotopic (exact) mass is 531 g/mol. The van der Waals surface area contributed by atoms with Gasteiger partial charge in [-0.25, -0.2) is 9.18 Å². The zero-order valence-electron chi connectivity index (χ0n) is 22.3. The minimum atomic E-state index is -0.568. The zero-order chi connectivity index (χ0) is 27.6. The summed E-state index contributed by atoms with van der Waals surface area (Å²) in [5.41, 5.74) is 8.92. The lowest BCUT2D eigenvalue weighted by Crippen LogP contribution is -2.39. The summed E-state index contributed by atoms with van der Waals surface area (Å²) in [5.74, 6) is 0.0942. The van der Waals surface area contributed by atoms with Crippen LogP contribution in [0.3, 0.4) is 0 Å². The number of hydrogen-bond donors (Lipinski definition) is 2. The highest BCUT2D eigenvalue weighted by Crippen LogP contribution is 2.44. The van der Waals surface area contributed by atoms with E-state index in [1.165, 1.54) is 13.2 Å². The predicted molar refractivity (Wildman–Crippen MR) is 147 cm³/mol. The van der Waals surface area contributed by atoms with Crippen molar-refractivity contribution in [3.05, 3.63) is 66.0 Å². The first kappa shape index (κ1) is 26.7. The lowest BCUT2D eigenvalue weighted by Gasteiger charge is -2.33. The van der Waals surface area contributed by atoms with E-state index >= 15 is 0 Å². The van der Waals surface area contributed by atoms with Gasteiger partial charge in [0, 0.05) is 41.7 Å². The first-order chi connectivity index (χ1) is 18.8. The Hall–Kier alpha value is -3.85. The van der Waals surface area contributed by atoms with E-state index in [0.29, 0.717) is 29.1 Å². The average molecular weight is 532 g/mol. The van der Waals surface area contributed by atoms with Gasteiger partial charge in [-0.05, 0) is 62.1 Å². The van der Waals surface area contributed by atoms with E-state index in [2.05, 4.69) is 15.5 Å². The molecule has 3 aromatic rings. The largest absolute Gasteiger partial charge is 0.453 e. The highest BCUT2D eigenvalue weighted by atomic mass is 19.1. The summed E-state index contributed by atoms with van der Waals surface area (Å²) >= 11 is 0. The quantitative estimate of drug-likeness (QED) is 0.418. The number of nitrogens with two attached hydrogens (primary N) is 1. The summed E-state index contributed by atoms with van der Waals surface area (Å²) in [6, 6.07) is 16.6. The molecule has 2 fully saturated rings. The number of nitrogens with one attached hydrogen (secondary N) is 1. The Labute approximate surface area is 227 Å². The van der Waals surface area contributed by atoms with E-state index in [9.17, 15) is 14.0 Å². The van der Waals surface area contributed by atoms with Crippen molar-refractivity contribution in [3.63, 3.8) is 0 Å². The molecule has 2 amide bonds. The van der Waals surface area contributed by atoms with Crippen LogP contribution in [0.25, 0.3) is 22.4 Å². The molecule has 39 heavy (non-hydrogen) atoms. The van der Waals surface area contributed by atoms with Crippen molar-refractivity contribution in [2.45, 2.75) is 56.5 Å². The van der Waals surface area contributed by atoms with Crippen LogP contribution in [0.2, 0.25) is 0 Å². The third-order valence-corrected chi connectivity index (χ3v) is 8.01. The highest BCUT2D eigenvalue weighted by molar-refractivity contribution is 5.91. The molecule has 204 valence electrons. The molecule has 0 bridgehead atoms. The van der Waals surface area contributed by atoms with Crippen molar-refractivity contribution < 1.29 is 18.7 Å². The summed E-state index contributed by atoms with van der Waals surface area (Å²) in [6.07, 6.45) is 4.95. The second kappa shape index (κ2) is 11.1. The Morgan fingerprint density at radius 1 is 1.05 bits per heavy atom. The maximum absolute atomic E-state index is 15.0. The van der Waals surface area contributed by atoms with E-state index in [1.54, 1.807) is 24.1 Å². The predicted octanol–water partition coefficient (Wildman–Crippen LogP) is 5.48. The molecule has 9 heteroatoms. The van der Waals surface area contributed by atoms with Crippen LogP contribution in [0.15, 0.2) is 54.6 Å². The van der Waals surface area contributed by atoms with Gasteiger partial charge in [0.2, 0.25) is 5.91 Å². The first-order valence-corrected chi connectivity index (χ1v) is 13.4. The molecule has 8 nitrogen and oxygen atoms in total. The van der Waals surface area contributed by atoms with E-state index in [4.69, 9.17) is 10.5 Å². The van der Waals surface area contributed by atoms with Crippen molar-refractivity contribution in [3.8, 4) is 22.4 Å². The number of nitrogens with zero attached hydrogens (tertiary/aromatic N) is 3. The standard InChI is InChI=1S/C30H34FN5O3/c1-36(29(38)39-2)22-11-8-19(9-12-22)16-27(37)33-26-18-23(20-6-4-3-5-7-20)28(35-34-26)21-10-13-24(25(31)17-21)30(32)14-15-30/h3-7,10,13,17-19,22H,8-9,11-12,14-16,32H2,1-2H3,(H,33,34,37)/t19-,22-. The van der Waals surface area contributed by atoms with Gasteiger partial charge in [0.1, 0.15) is 11.5 Å². The van der Waals surface area contributed by atoms with Crippen LogP contribution in [0.4, 0.5) is 15.0 Å². The van der Waals surface area contributed by atoms with Crippen LogP contribution in [-0.4, -0.2) is 47.3 Å². The van der Waals surface area contributed by atoms with Crippen LogP contribution >= 0.6 is 0 Å². The minimum Gasteiger partial charge on any atom is -0.453 e. The molecule has 1 aromatic heterocycles. The summed E-state index contributed by atoms with van der Waals surface area (Å²) in [5, 5.41) is 11.6. The second-order valence-corrected chi connectivity index (χ2v) is 10.7. The van der Waals surface area contributed by atoms with Crippen LogP contribution in [0, 0.1) is 11.7 Å². The van der Waals surface area contributed by atoms with Gasteiger partial charge in [-0.15, -0.1) is 10.2 Å². The van der Waals surface area contributed by atoms with Crippen molar-refractivity contribution in [1.82, 2.24) is 15.1 Å². The molecular weight excluding hydrogens is 497 g/mol. The van der Waals surface area contributed by atoms with Crippen molar-refractivity contribution in [1.29, 1.82) is 0 Å². The molecule has 0 atom stereocenters. The Kier molecular flexibility index (Phi) is 7.61. The third-order valence-electron chi connectivity index (χ3n) is 8.01. The number of methoxy groups -OCH3 is 1. The van der Waals surface area contributed by atoms with Crippen molar-refractivity contribution in [2.24, 2.45) is 11.7 Å². The molecule has 2 aliphatic rings. The van der Waals surface area contributed by atoms with Gasteiger partial charge in [-0.3, -0.25) is 4.79 Å². The molecule has 1 heterocycles. The maximum atomic E-state index is 15.0. The fraction of sp³-hybridized carbons (Fsp3) is 0.400. The molecular formula is C30H34FN5O3. The van der Waals surface area contributed by atoms with Crippen LogP contribution in [-0.2, 0) is 15.1 Å². The average Bonchev–Trinajstić information content (AvgIpc) is 3.70. The molecule has 0 unspecified atom stereocenters. The number of carbonyl (C=O) groups excluding carboxylic acids is 2. The molecule has 0 aliphatic heterocycles. The normalized spacial score (nSPS) is 19.7. The minimum absolute atomic E-state index is 0.127. The number of aromatic nitrogens is 2. The fourth-order valence-electron chi connectivity index (χ4n) is 5.46.